The number of fused-ring (bicyclic) bond motifs is 1. The molecule has 3 aromatic rings. The van der Waals surface area contributed by atoms with Crippen molar-refractivity contribution in [2.24, 2.45) is 0 Å². The second-order valence-corrected chi connectivity index (χ2v) is 8.10. The van der Waals surface area contributed by atoms with E-state index < -0.39 is 11.9 Å². The summed E-state index contributed by atoms with van der Waals surface area (Å²) in [4.78, 5) is 29.2. The molecule has 4 rings (SSSR count). The van der Waals surface area contributed by atoms with E-state index in [1.165, 1.54) is 22.5 Å². The molecule has 29 heavy (non-hydrogen) atoms. The average Bonchev–Trinajstić information content (AvgIpc) is 3.11. The van der Waals surface area contributed by atoms with Crippen molar-refractivity contribution in [3.05, 3.63) is 64.1 Å². The van der Waals surface area contributed by atoms with Crippen molar-refractivity contribution in [1.82, 2.24) is 14.8 Å². The molecular weight excluding hydrogens is 433 g/mol. The molecule has 2 aromatic carbocycles. The van der Waals surface area contributed by atoms with Crippen LogP contribution in [0.4, 0.5) is 11.6 Å². The van der Waals surface area contributed by atoms with Crippen LogP contribution in [0.3, 0.4) is 0 Å². The van der Waals surface area contributed by atoms with Crippen LogP contribution in [0.5, 0.6) is 0 Å². The molecule has 10 heteroatoms. The van der Waals surface area contributed by atoms with Gasteiger partial charge in [-0.15, -0.1) is 5.10 Å². The van der Waals surface area contributed by atoms with Gasteiger partial charge in [0.05, 0.1) is 17.1 Å². The zero-order valence-electron chi connectivity index (χ0n) is 14.9. The second-order valence-electron chi connectivity index (χ2n) is 6.32. The van der Waals surface area contributed by atoms with Gasteiger partial charge in [0.25, 0.3) is 0 Å². The summed E-state index contributed by atoms with van der Waals surface area (Å²) in [6, 6.07) is 13.8. The van der Waals surface area contributed by atoms with E-state index in [1.807, 2.05) is 30.3 Å². The number of thioether (sulfide) groups is 1. The van der Waals surface area contributed by atoms with Gasteiger partial charge in [-0.2, -0.15) is 4.98 Å². The third kappa shape index (κ3) is 4.55. The first-order chi connectivity index (χ1) is 14.0. The van der Waals surface area contributed by atoms with Crippen molar-refractivity contribution in [3.63, 3.8) is 0 Å². The molecule has 2 N–H and O–H groups in total. The number of halogens is 2. The van der Waals surface area contributed by atoms with Gasteiger partial charge in [0.2, 0.25) is 22.9 Å². The summed E-state index contributed by atoms with van der Waals surface area (Å²) >= 11 is 13.4. The standard InChI is InChI=1S/C19H15Cl2N5O2S/c20-12-6-7-14(13(21)8-12)22-17(28)15-9-16(27)23-18-24-19(25-26(15)18)29-10-11-4-2-1-3-5-11/h1-8,15H,9-10H2,(H,22,28)(H,23,24,25,27)/t15-/m0/s1. The van der Waals surface area contributed by atoms with Crippen LogP contribution >= 0.6 is 35.0 Å². The molecule has 0 unspecified atom stereocenters. The highest BCUT2D eigenvalue weighted by Gasteiger charge is 2.33. The molecular formula is C19H15Cl2N5O2S. The molecule has 0 spiro atoms. The predicted molar refractivity (Wildman–Crippen MR) is 113 cm³/mol. The van der Waals surface area contributed by atoms with Crippen molar-refractivity contribution in [1.29, 1.82) is 0 Å². The number of nitrogens with zero attached hydrogens (tertiary/aromatic N) is 3. The Morgan fingerprint density at radius 1 is 1.24 bits per heavy atom. The van der Waals surface area contributed by atoms with E-state index in [0.717, 1.165) is 5.56 Å². The largest absolute Gasteiger partial charge is 0.323 e. The number of carbonyl (C=O) groups excluding carboxylic acids is 2. The van der Waals surface area contributed by atoms with Crippen molar-refractivity contribution >= 4 is 58.4 Å². The van der Waals surface area contributed by atoms with E-state index in [9.17, 15) is 9.59 Å². The summed E-state index contributed by atoms with van der Waals surface area (Å²) in [7, 11) is 0. The number of carbonyl (C=O) groups is 2. The molecule has 2 heterocycles. The number of nitrogens with one attached hydrogen (secondary N) is 2. The van der Waals surface area contributed by atoms with E-state index in [1.54, 1.807) is 12.1 Å². The number of amides is 2. The highest BCUT2D eigenvalue weighted by atomic mass is 35.5. The molecule has 0 fully saturated rings. The van der Waals surface area contributed by atoms with Gasteiger partial charge >= 0.3 is 0 Å². The summed E-state index contributed by atoms with van der Waals surface area (Å²) in [5, 5.41) is 11.1. The Bertz CT molecular complexity index is 1070. The highest BCUT2D eigenvalue weighted by molar-refractivity contribution is 7.98. The smallest absolute Gasteiger partial charge is 0.249 e. The predicted octanol–water partition coefficient (Wildman–Crippen LogP) is 4.40. The van der Waals surface area contributed by atoms with Crippen LogP contribution in [0, 0.1) is 0 Å². The molecule has 0 radical (unpaired) electrons. The first-order valence-corrected chi connectivity index (χ1v) is 10.4. The van der Waals surface area contributed by atoms with Crippen LogP contribution in [0.15, 0.2) is 53.7 Å². The minimum Gasteiger partial charge on any atom is -0.323 e. The number of anilines is 2. The molecule has 1 atom stereocenters. The van der Waals surface area contributed by atoms with Gasteiger partial charge in [0.1, 0.15) is 6.04 Å². The Hall–Kier alpha value is -2.55. The third-order valence-electron chi connectivity index (χ3n) is 4.24. The summed E-state index contributed by atoms with van der Waals surface area (Å²) < 4.78 is 1.44. The fourth-order valence-electron chi connectivity index (χ4n) is 2.84. The van der Waals surface area contributed by atoms with Gasteiger partial charge in [-0.05, 0) is 23.8 Å². The van der Waals surface area contributed by atoms with E-state index in [4.69, 9.17) is 23.2 Å². The molecule has 0 aliphatic carbocycles. The molecule has 1 aromatic heterocycles. The number of rotatable bonds is 5. The number of hydrogen-bond acceptors (Lipinski definition) is 5. The van der Waals surface area contributed by atoms with Gasteiger partial charge < -0.3 is 5.32 Å². The topological polar surface area (TPSA) is 88.9 Å². The SMILES string of the molecule is O=C1C[C@@H](C(=O)Nc2ccc(Cl)cc2Cl)n2nc(SCc3ccccc3)nc2N1. The second kappa shape index (κ2) is 8.44. The van der Waals surface area contributed by atoms with E-state index in [2.05, 4.69) is 20.7 Å². The fraction of sp³-hybridized carbons (Fsp3) is 0.158. The molecule has 0 saturated carbocycles. The Morgan fingerprint density at radius 3 is 2.79 bits per heavy atom. The quantitative estimate of drug-likeness (QED) is 0.565. The Morgan fingerprint density at radius 2 is 2.03 bits per heavy atom. The van der Waals surface area contributed by atoms with Crippen LogP contribution in [-0.2, 0) is 15.3 Å². The lowest BCUT2D eigenvalue weighted by Crippen LogP contribution is -2.36. The molecule has 7 nitrogen and oxygen atoms in total. The fourth-order valence-corrected chi connectivity index (χ4v) is 4.08. The van der Waals surface area contributed by atoms with Crippen LogP contribution < -0.4 is 10.6 Å². The Balaban J connectivity index is 1.52. The number of aromatic nitrogens is 3. The van der Waals surface area contributed by atoms with Crippen LogP contribution in [0.25, 0.3) is 0 Å². The van der Waals surface area contributed by atoms with Gasteiger partial charge in [0, 0.05) is 10.8 Å². The summed E-state index contributed by atoms with van der Waals surface area (Å²) in [5.74, 6) is 0.219. The first kappa shape index (κ1) is 19.8. The van der Waals surface area contributed by atoms with Crippen LogP contribution in [-0.4, -0.2) is 26.6 Å². The third-order valence-corrected chi connectivity index (χ3v) is 5.70. The van der Waals surface area contributed by atoms with Gasteiger partial charge in [0.15, 0.2) is 0 Å². The van der Waals surface area contributed by atoms with E-state index in [0.29, 0.717) is 26.6 Å². The number of hydrogen-bond donors (Lipinski definition) is 2. The summed E-state index contributed by atoms with van der Waals surface area (Å²) in [6.45, 7) is 0. The average molecular weight is 448 g/mol. The minimum absolute atomic E-state index is 0.0454. The zero-order valence-corrected chi connectivity index (χ0v) is 17.3. The summed E-state index contributed by atoms with van der Waals surface area (Å²) in [6.07, 6.45) is -0.0454. The summed E-state index contributed by atoms with van der Waals surface area (Å²) in [5.41, 5.74) is 1.54. The monoisotopic (exact) mass is 447 g/mol. The van der Waals surface area contributed by atoms with Crippen molar-refractivity contribution in [2.45, 2.75) is 23.4 Å². The molecule has 0 bridgehead atoms. The van der Waals surface area contributed by atoms with Crippen molar-refractivity contribution in [2.75, 3.05) is 10.6 Å². The molecule has 2 amide bonds. The van der Waals surface area contributed by atoms with Crippen LogP contribution in [0.1, 0.15) is 18.0 Å². The van der Waals surface area contributed by atoms with Crippen LogP contribution in [0.2, 0.25) is 10.0 Å². The molecule has 1 aliphatic heterocycles. The van der Waals surface area contributed by atoms with Gasteiger partial charge in [-0.25, -0.2) is 4.68 Å². The maximum atomic E-state index is 12.8. The van der Waals surface area contributed by atoms with Crippen molar-refractivity contribution < 1.29 is 9.59 Å². The molecule has 148 valence electrons. The first-order valence-electron chi connectivity index (χ1n) is 8.68. The Labute approximate surface area is 180 Å². The lowest BCUT2D eigenvalue weighted by molar-refractivity contribution is -0.125. The number of benzene rings is 2. The molecule has 1 aliphatic rings. The maximum Gasteiger partial charge on any atom is 0.249 e. The Kier molecular flexibility index (Phi) is 5.75. The van der Waals surface area contributed by atoms with Gasteiger partial charge in [-0.3, -0.25) is 14.9 Å². The lowest BCUT2D eigenvalue weighted by Gasteiger charge is -2.22. The van der Waals surface area contributed by atoms with E-state index in [-0.39, 0.29) is 18.3 Å². The van der Waals surface area contributed by atoms with Crippen molar-refractivity contribution in [3.8, 4) is 0 Å². The van der Waals surface area contributed by atoms with E-state index >= 15 is 0 Å². The maximum absolute atomic E-state index is 12.8. The lowest BCUT2D eigenvalue weighted by atomic mass is 10.1. The molecule has 0 saturated heterocycles. The normalized spacial score (nSPS) is 15.5. The zero-order chi connectivity index (χ0) is 20.4. The highest BCUT2D eigenvalue weighted by Crippen LogP contribution is 2.30. The van der Waals surface area contributed by atoms with Gasteiger partial charge in [-0.1, -0.05) is 65.3 Å². The minimum atomic E-state index is -0.830.